The first-order valence-electron chi connectivity index (χ1n) is 12.9. The monoisotopic (exact) mass is 637 g/mol. The Balaban J connectivity index is 1.32. The minimum Gasteiger partial charge on any atom is -0.364 e. The number of pyridine rings is 2. The molecule has 4 aromatic heterocycles. The van der Waals surface area contributed by atoms with Gasteiger partial charge in [0.25, 0.3) is 5.91 Å². The summed E-state index contributed by atoms with van der Waals surface area (Å²) in [5, 5.41) is 7.94. The molecule has 14 heteroatoms. The van der Waals surface area contributed by atoms with Crippen molar-refractivity contribution in [2.75, 3.05) is 5.32 Å². The third kappa shape index (κ3) is 4.82. The number of hydrogen-bond acceptors (Lipinski definition) is 8. The highest BCUT2D eigenvalue weighted by atomic mass is 79.9. The van der Waals surface area contributed by atoms with Gasteiger partial charge < -0.3 is 16.0 Å². The van der Waals surface area contributed by atoms with Crippen molar-refractivity contribution in [1.82, 2.24) is 34.6 Å². The standard InChI is InChI=1S/C27H25BrClN9O3/c1-12-23-15(6-17(33-12)14-9-31-13(2)32-10-14)22(24(30)40)36-37(23)11-21(39)38-18(7-27(3)8-19(27)38)26(41)35-25-16(29)4-5-20(28)34-25/h4-6,9-10,18-19H,7-8,11H2,1-3H3,(H2,30,40)(H,34,35,41). The van der Waals surface area contributed by atoms with Crippen molar-refractivity contribution >= 4 is 62.0 Å². The lowest BCUT2D eigenvalue weighted by molar-refractivity contribution is -0.138. The molecular weight excluding hydrogens is 614 g/mol. The Hall–Kier alpha value is -3.97. The van der Waals surface area contributed by atoms with E-state index in [4.69, 9.17) is 17.3 Å². The molecule has 0 aromatic carbocycles. The molecule has 210 valence electrons. The van der Waals surface area contributed by atoms with Gasteiger partial charge in [-0.2, -0.15) is 5.10 Å². The summed E-state index contributed by atoms with van der Waals surface area (Å²) in [7, 11) is 0. The van der Waals surface area contributed by atoms with Crippen LogP contribution in [0.15, 0.2) is 35.2 Å². The summed E-state index contributed by atoms with van der Waals surface area (Å²) in [6.45, 7) is 5.41. The number of aryl methyl sites for hydroxylation is 2. The second-order valence-electron chi connectivity index (χ2n) is 10.7. The third-order valence-corrected chi connectivity index (χ3v) is 8.52. The number of halogens is 2. The molecule has 2 fully saturated rings. The van der Waals surface area contributed by atoms with Gasteiger partial charge in [0.1, 0.15) is 23.0 Å². The predicted octanol–water partition coefficient (Wildman–Crippen LogP) is 3.43. The smallest absolute Gasteiger partial charge is 0.269 e. The van der Waals surface area contributed by atoms with Gasteiger partial charge in [-0.05, 0) is 66.2 Å². The predicted molar refractivity (Wildman–Crippen MR) is 154 cm³/mol. The van der Waals surface area contributed by atoms with E-state index in [2.05, 4.69) is 53.2 Å². The maximum absolute atomic E-state index is 13.8. The van der Waals surface area contributed by atoms with Gasteiger partial charge in [0.05, 0.1) is 21.9 Å². The molecule has 1 aliphatic heterocycles. The Kier molecular flexibility index (Phi) is 6.53. The van der Waals surface area contributed by atoms with Crippen LogP contribution < -0.4 is 11.1 Å². The summed E-state index contributed by atoms with van der Waals surface area (Å²) in [4.78, 5) is 58.6. The molecule has 4 aromatic rings. The fourth-order valence-electron chi connectivity index (χ4n) is 5.64. The summed E-state index contributed by atoms with van der Waals surface area (Å²) in [5.41, 5.74) is 7.82. The van der Waals surface area contributed by atoms with Crippen LogP contribution in [0, 0.1) is 19.3 Å². The number of anilines is 1. The average Bonchev–Trinajstić information content (AvgIpc) is 3.27. The number of likely N-dealkylation sites (tertiary alicyclic amines) is 1. The van der Waals surface area contributed by atoms with Gasteiger partial charge in [-0.3, -0.25) is 24.0 Å². The van der Waals surface area contributed by atoms with E-state index in [1.807, 2.05) is 0 Å². The Morgan fingerprint density at radius 2 is 1.90 bits per heavy atom. The largest absolute Gasteiger partial charge is 0.364 e. The number of rotatable bonds is 6. The first kappa shape index (κ1) is 27.2. The minimum atomic E-state index is -0.732. The number of nitrogens with one attached hydrogen (secondary N) is 1. The molecule has 1 saturated heterocycles. The maximum Gasteiger partial charge on any atom is 0.269 e. The lowest BCUT2D eigenvalue weighted by Gasteiger charge is -2.27. The van der Waals surface area contributed by atoms with Crippen LogP contribution in [0.3, 0.4) is 0 Å². The molecule has 0 spiro atoms. The van der Waals surface area contributed by atoms with E-state index >= 15 is 0 Å². The van der Waals surface area contributed by atoms with Gasteiger partial charge in [-0.1, -0.05) is 18.5 Å². The highest BCUT2D eigenvalue weighted by molar-refractivity contribution is 9.10. The first-order chi connectivity index (χ1) is 19.4. The molecule has 5 heterocycles. The number of piperidine rings is 1. The van der Waals surface area contributed by atoms with Crippen LogP contribution in [0.4, 0.5) is 5.82 Å². The van der Waals surface area contributed by atoms with Crippen LogP contribution in [0.5, 0.6) is 0 Å². The number of nitrogens with zero attached hydrogens (tertiary/aromatic N) is 7. The normalized spacial score (nSPS) is 21.1. The van der Waals surface area contributed by atoms with E-state index in [0.717, 1.165) is 6.42 Å². The Labute approximate surface area is 247 Å². The third-order valence-electron chi connectivity index (χ3n) is 7.78. The molecule has 3 unspecified atom stereocenters. The van der Waals surface area contributed by atoms with Crippen molar-refractivity contribution in [2.45, 2.75) is 52.2 Å². The lowest BCUT2D eigenvalue weighted by Crippen LogP contribution is -2.47. The molecule has 2 aliphatic rings. The van der Waals surface area contributed by atoms with E-state index in [-0.39, 0.29) is 46.4 Å². The van der Waals surface area contributed by atoms with Crippen LogP contribution in [0.1, 0.15) is 41.8 Å². The number of hydrogen-bond donors (Lipinski definition) is 2. The molecular formula is C27H25BrClN9O3. The van der Waals surface area contributed by atoms with Gasteiger partial charge in [-0.15, -0.1) is 0 Å². The molecule has 0 bridgehead atoms. The number of nitrogens with two attached hydrogens (primary N) is 1. The van der Waals surface area contributed by atoms with Crippen LogP contribution >= 0.6 is 27.5 Å². The highest BCUT2D eigenvalue weighted by Gasteiger charge is 2.64. The summed E-state index contributed by atoms with van der Waals surface area (Å²) in [6.07, 6.45) is 4.61. The summed E-state index contributed by atoms with van der Waals surface area (Å²) >= 11 is 9.52. The average molecular weight is 639 g/mol. The Morgan fingerprint density at radius 1 is 1.17 bits per heavy atom. The zero-order valence-corrected chi connectivity index (χ0v) is 24.7. The molecule has 1 aliphatic carbocycles. The van der Waals surface area contributed by atoms with Crippen molar-refractivity contribution in [2.24, 2.45) is 11.1 Å². The maximum atomic E-state index is 13.8. The summed E-state index contributed by atoms with van der Waals surface area (Å²) in [6, 6.07) is 4.19. The van der Waals surface area contributed by atoms with E-state index in [0.29, 0.717) is 44.7 Å². The number of fused-ring (bicyclic) bond motifs is 2. The number of primary amides is 1. The van der Waals surface area contributed by atoms with E-state index in [1.165, 1.54) is 4.68 Å². The van der Waals surface area contributed by atoms with Gasteiger partial charge in [-0.25, -0.2) is 15.0 Å². The lowest BCUT2D eigenvalue weighted by atomic mass is 10.0. The van der Waals surface area contributed by atoms with Crippen LogP contribution in [-0.2, 0) is 16.1 Å². The van der Waals surface area contributed by atoms with Gasteiger partial charge >= 0.3 is 0 Å². The van der Waals surface area contributed by atoms with Crippen LogP contribution in [0.25, 0.3) is 22.2 Å². The number of carbonyl (C=O) groups is 3. The molecule has 3 amide bonds. The van der Waals surface area contributed by atoms with E-state index in [1.54, 1.807) is 49.3 Å². The van der Waals surface area contributed by atoms with Crippen LogP contribution in [-0.4, -0.2) is 64.4 Å². The molecule has 6 rings (SSSR count). The number of carbonyl (C=O) groups excluding carboxylic acids is 3. The fourth-order valence-corrected chi connectivity index (χ4v) is 6.10. The minimum absolute atomic E-state index is 0.0231. The van der Waals surface area contributed by atoms with Gasteiger partial charge in [0.15, 0.2) is 11.5 Å². The fraction of sp³-hybridized carbons (Fsp3) is 0.333. The zero-order valence-electron chi connectivity index (χ0n) is 22.4. The molecule has 12 nitrogen and oxygen atoms in total. The first-order valence-corrected chi connectivity index (χ1v) is 14.0. The van der Waals surface area contributed by atoms with E-state index in [9.17, 15) is 14.4 Å². The molecule has 41 heavy (non-hydrogen) atoms. The number of amides is 3. The van der Waals surface area contributed by atoms with Crippen molar-refractivity contribution in [3.63, 3.8) is 0 Å². The van der Waals surface area contributed by atoms with Crippen molar-refractivity contribution in [1.29, 1.82) is 0 Å². The molecule has 3 N–H and O–H groups in total. The molecule has 0 radical (unpaired) electrons. The quantitative estimate of drug-likeness (QED) is 0.304. The Bertz CT molecular complexity index is 1760. The van der Waals surface area contributed by atoms with Gasteiger partial charge in [0.2, 0.25) is 11.8 Å². The Morgan fingerprint density at radius 3 is 2.61 bits per heavy atom. The second-order valence-corrected chi connectivity index (χ2v) is 11.9. The highest BCUT2D eigenvalue weighted by Crippen LogP contribution is 2.59. The molecule has 3 atom stereocenters. The SMILES string of the molecule is Cc1ncc(-c2cc3c(C(N)=O)nn(CC(=O)N4C(C(=O)Nc5nc(Br)ccc5Cl)CC5(C)CC45)c3c(C)n2)cn1. The van der Waals surface area contributed by atoms with Crippen molar-refractivity contribution < 1.29 is 14.4 Å². The van der Waals surface area contributed by atoms with Crippen molar-refractivity contribution in [3.8, 4) is 11.3 Å². The number of aromatic nitrogens is 6. The second kappa shape index (κ2) is 9.84. The molecule has 1 saturated carbocycles. The summed E-state index contributed by atoms with van der Waals surface area (Å²) < 4.78 is 1.96. The van der Waals surface area contributed by atoms with Gasteiger partial charge in [0, 0.05) is 29.4 Å². The zero-order chi connectivity index (χ0) is 29.2. The van der Waals surface area contributed by atoms with Crippen molar-refractivity contribution in [3.05, 3.63) is 57.4 Å². The topological polar surface area (TPSA) is 162 Å². The summed E-state index contributed by atoms with van der Waals surface area (Å²) in [5.74, 6) is -0.576. The van der Waals surface area contributed by atoms with E-state index < -0.39 is 11.9 Å². The van der Waals surface area contributed by atoms with Crippen LogP contribution in [0.2, 0.25) is 5.02 Å².